The molecular weight excluding hydrogens is 210 g/mol. The predicted molar refractivity (Wildman–Crippen MR) is 43.4 cm³/mol. The fourth-order valence-electron chi connectivity index (χ4n) is 0.706. The van der Waals surface area contributed by atoms with E-state index >= 15 is 0 Å². The standard InChI is InChI=1S/C7H6BrNO2/c8-6-4-2-1-3-5(6)7(10)9-11/h1-4,11H,(H,9,10). The van der Waals surface area contributed by atoms with Crippen molar-refractivity contribution in [3.05, 3.63) is 34.3 Å². The van der Waals surface area contributed by atoms with Crippen LogP contribution in [0.25, 0.3) is 0 Å². The van der Waals surface area contributed by atoms with Crippen LogP contribution in [0.2, 0.25) is 0 Å². The molecule has 0 aliphatic rings. The van der Waals surface area contributed by atoms with Gasteiger partial charge in [0.2, 0.25) is 0 Å². The Morgan fingerprint density at radius 3 is 2.64 bits per heavy atom. The van der Waals surface area contributed by atoms with Gasteiger partial charge in [-0.3, -0.25) is 10.0 Å². The summed E-state index contributed by atoms with van der Waals surface area (Å²) in [6.45, 7) is 0. The maximum Gasteiger partial charge on any atom is 0.275 e. The second kappa shape index (κ2) is 3.50. The van der Waals surface area contributed by atoms with Crippen LogP contribution in [0.1, 0.15) is 10.4 Å². The van der Waals surface area contributed by atoms with E-state index in [0.717, 1.165) is 0 Å². The summed E-state index contributed by atoms with van der Waals surface area (Å²) in [5.74, 6) is -0.516. The van der Waals surface area contributed by atoms with Crippen LogP contribution in [0.4, 0.5) is 0 Å². The van der Waals surface area contributed by atoms with Crippen molar-refractivity contribution in [2.24, 2.45) is 0 Å². The van der Waals surface area contributed by atoms with Gasteiger partial charge in [-0.05, 0) is 28.1 Å². The molecule has 1 amide bonds. The molecule has 4 heteroatoms. The van der Waals surface area contributed by atoms with E-state index in [1.807, 2.05) is 0 Å². The second-order valence-corrected chi connectivity index (χ2v) is 2.78. The van der Waals surface area contributed by atoms with Crippen LogP contribution in [0, 0.1) is 0 Å². The first-order chi connectivity index (χ1) is 5.25. The molecular formula is C7H6BrNO2. The minimum Gasteiger partial charge on any atom is -0.288 e. The largest absolute Gasteiger partial charge is 0.288 e. The van der Waals surface area contributed by atoms with Crippen LogP contribution in [-0.2, 0) is 0 Å². The van der Waals surface area contributed by atoms with Gasteiger partial charge in [0.15, 0.2) is 0 Å². The SMILES string of the molecule is O=C(NO)c1ccccc1Br. The van der Waals surface area contributed by atoms with Gasteiger partial charge in [0.25, 0.3) is 5.91 Å². The number of hydroxylamine groups is 1. The average Bonchev–Trinajstić information content (AvgIpc) is 2.04. The molecule has 0 saturated carbocycles. The third-order valence-corrected chi connectivity index (χ3v) is 1.91. The first-order valence-electron chi connectivity index (χ1n) is 2.94. The van der Waals surface area contributed by atoms with Crippen LogP contribution < -0.4 is 5.48 Å². The lowest BCUT2D eigenvalue weighted by Crippen LogP contribution is -2.18. The normalized spacial score (nSPS) is 9.27. The summed E-state index contributed by atoms with van der Waals surface area (Å²) in [4.78, 5) is 10.8. The lowest BCUT2D eigenvalue weighted by Gasteiger charge is -1.99. The summed E-state index contributed by atoms with van der Waals surface area (Å²) in [6, 6.07) is 6.84. The minimum atomic E-state index is -0.516. The smallest absolute Gasteiger partial charge is 0.275 e. The Labute approximate surface area is 72.1 Å². The Balaban J connectivity index is 3.03. The third-order valence-electron chi connectivity index (χ3n) is 1.22. The zero-order valence-corrected chi connectivity index (χ0v) is 7.13. The van der Waals surface area contributed by atoms with Gasteiger partial charge in [0, 0.05) is 4.47 Å². The molecule has 0 aliphatic carbocycles. The average molecular weight is 216 g/mol. The number of carbonyl (C=O) groups is 1. The fourth-order valence-corrected chi connectivity index (χ4v) is 1.17. The quantitative estimate of drug-likeness (QED) is 0.552. The molecule has 1 aromatic carbocycles. The molecule has 0 heterocycles. The van der Waals surface area contributed by atoms with Gasteiger partial charge >= 0.3 is 0 Å². The van der Waals surface area contributed by atoms with E-state index in [1.54, 1.807) is 29.7 Å². The van der Waals surface area contributed by atoms with Gasteiger partial charge in [-0.2, -0.15) is 0 Å². The van der Waals surface area contributed by atoms with Gasteiger partial charge in [-0.15, -0.1) is 0 Å². The van der Waals surface area contributed by atoms with Crippen LogP contribution in [-0.4, -0.2) is 11.1 Å². The number of hydrogen-bond acceptors (Lipinski definition) is 2. The number of hydrogen-bond donors (Lipinski definition) is 2. The first kappa shape index (κ1) is 8.23. The highest BCUT2D eigenvalue weighted by molar-refractivity contribution is 9.10. The van der Waals surface area contributed by atoms with Crippen molar-refractivity contribution < 1.29 is 10.0 Å². The molecule has 0 spiro atoms. The molecule has 0 unspecified atom stereocenters. The fraction of sp³-hybridized carbons (Fsp3) is 0. The number of benzene rings is 1. The predicted octanol–water partition coefficient (Wildman–Crippen LogP) is 1.57. The molecule has 0 aromatic heterocycles. The Bertz CT molecular complexity index is 275. The summed E-state index contributed by atoms with van der Waals surface area (Å²) in [5.41, 5.74) is 1.97. The Morgan fingerprint density at radius 1 is 1.45 bits per heavy atom. The van der Waals surface area contributed by atoms with Crippen molar-refractivity contribution in [2.75, 3.05) is 0 Å². The Hall–Kier alpha value is -0.870. The molecule has 1 aromatic rings. The first-order valence-corrected chi connectivity index (χ1v) is 3.74. The van der Waals surface area contributed by atoms with Crippen molar-refractivity contribution >= 4 is 21.8 Å². The van der Waals surface area contributed by atoms with E-state index in [1.165, 1.54) is 0 Å². The van der Waals surface area contributed by atoms with E-state index in [0.29, 0.717) is 10.0 Å². The molecule has 0 saturated heterocycles. The lowest BCUT2D eigenvalue weighted by molar-refractivity contribution is 0.0705. The zero-order valence-electron chi connectivity index (χ0n) is 5.54. The number of halogens is 1. The molecule has 58 valence electrons. The van der Waals surface area contributed by atoms with E-state index in [4.69, 9.17) is 5.21 Å². The number of rotatable bonds is 1. The van der Waals surface area contributed by atoms with Crippen LogP contribution >= 0.6 is 15.9 Å². The van der Waals surface area contributed by atoms with Crippen molar-refractivity contribution in [3.8, 4) is 0 Å². The van der Waals surface area contributed by atoms with Crippen LogP contribution in [0.15, 0.2) is 28.7 Å². The highest BCUT2D eigenvalue weighted by Gasteiger charge is 2.06. The van der Waals surface area contributed by atoms with E-state index in [9.17, 15) is 4.79 Å². The number of amides is 1. The molecule has 0 atom stereocenters. The summed E-state index contributed by atoms with van der Waals surface area (Å²) >= 11 is 3.17. The third kappa shape index (κ3) is 1.78. The molecule has 0 bridgehead atoms. The van der Waals surface area contributed by atoms with Crippen molar-refractivity contribution in [2.45, 2.75) is 0 Å². The van der Waals surface area contributed by atoms with Gasteiger partial charge in [0.05, 0.1) is 5.56 Å². The Morgan fingerprint density at radius 2 is 2.09 bits per heavy atom. The van der Waals surface area contributed by atoms with Crippen molar-refractivity contribution in [1.82, 2.24) is 5.48 Å². The second-order valence-electron chi connectivity index (χ2n) is 1.92. The van der Waals surface area contributed by atoms with E-state index < -0.39 is 5.91 Å². The Kier molecular flexibility index (Phi) is 2.62. The molecule has 3 nitrogen and oxygen atoms in total. The van der Waals surface area contributed by atoms with Gasteiger partial charge in [0.1, 0.15) is 0 Å². The highest BCUT2D eigenvalue weighted by Crippen LogP contribution is 2.14. The number of nitrogens with one attached hydrogen (secondary N) is 1. The molecule has 0 aliphatic heterocycles. The number of carbonyl (C=O) groups excluding carboxylic acids is 1. The minimum absolute atomic E-state index is 0.412. The van der Waals surface area contributed by atoms with Gasteiger partial charge in [-0.25, -0.2) is 5.48 Å². The zero-order chi connectivity index (χ0) is 8.27. The summed E-state index contributed by atoms with van der Waals surface area (Å²) in [7, 11) is 0. The van der Waals surface area contributed by atoms with E-state index in [-0.39, 0.29) is 0 Å². The topological polar surface area (TPSA) is 49.3 Å². The van der Waals surface area contributed by atoms with Crippen molar-refractivity contribution in [1.29, 1.82) is 0 Å². The summed E-state index contributed by atoms with van der Waals surface area (Å²) < 4.78 is 0.659. The maximum absolute atomic E-state index is 10.8. The lowest BCUT2D eigenvalue weighted by atomic mass is 10.2. The van der Waals surface area contributed by atoms with Crippen LogP contribution in [0.5, 0.6) is 0 Å². The van der Waals surface area contributed by atoms with Crippen molar-refractivity contribution in [3.63, 3.8) is 0 Å². The van der Waals surface area contributed by atoms with Gasteiger partial charge < -0.3 is 0 Å². The highest BCUT2D eigenvalue weighted by atomic mass is 79.9. The summed E-state index contributed by atoms with van der Waals surface area (Å²) in [6.07, 6.45) is 0. The maximum atomic E-state index is 10.8. The summed E-state index contributed by atoms with van der Waals surface area (Å²) in [5, 5.41) is 8.29. The van der Waals surface area contributed by atoms with Gasteiger partial charge in [-0.1, -0.05) is 12.1 Å². The molecule has 2 N–H and O–H groups in total. The van der Waals surface area contributed by atoms with E-state index in [2.05, 4.69) is 15.9 Å². The molecule has 11 heavy (non-hydrogen) atoms. The molecule has 0 radical (unpaired) electrons. The molecule has 0 fully saturated rings. The molecule has 1 rings (SSSR count). The van der Waals surface area contributed by atoms with Crippen LogP contribution in [0.3, 0.4) is 0 Å². The monoisotopic (exact) mass is 215 g/mol.